The lowest BCUT2D eigenvalue weighted by atomic mass is 10.0. The van der Waals surface area contributed by atoms with Crippen LogP contribution in [-0.4, -0.2) is 60.8 Å². The third-order valence-corrected chi connectivity index (χ3v) is 4.65. The molecule has 0 bridgehead atoms. The number of hydrogen-bond acceptors (Lipinski definition) is 3. The van der Waals surface area contributed by atoms with Gasteiger partial charge < -0.3 is 4.74 Å². The predicted octanol–water partition coefficient (Wildman–Crippen LogP) is 1.33. The van der Waals surface area contributed by atoms with Crippen LogP contribution in [0, 0.1) is 0 Å². The Bertz CT molecular complexity index is 240. The Kier molecular flexibility index (Phi) is 3.18. The number of hydrogen-bond donors (Lipinski definition) is 0. The Morgan fingerprint density at radius 2 is 1.81 bits per heavy atom. The van der Waals surface area contributed by atoms with Gasteiger partial charge in [-0.1, -0.05) is 0 Å². The average molecular weight is 224 g/mol. The summed E-state index contributed by atoms with van der Waals surface area (Å²) in [6.07, 6.45) is 5.33. The van der Waals surface area contributed by atoms with Crippen LogP contribution in [0.25, 0.3) is 0 Å². The summed E-state index contributed by atoms with van der Waals surface area (Å²) in [4.78, 5) is 5.48. The zero-order valence-corrected chi connectivity index (χ0v) is 10.4. The zero-order valence-electron chi connectivity index (χ0n) is 10.4. The molecule has 0 saturated carbocycles. The molecule has 3 saturated heterocycles. The van der Waals surface area contributed by atoms with Gasteiger partial charge in [0.1, 0.15) is 0 Å². The quantitative estimate of drug-likeness (QED) is 0.668. The van der Waals surface area contributed by atoms with Crippen LogP contribution in [0.2, 0.25) is 0 Å². The molecule has 0 spiro atoms. The Hall–Kier alpha value is -0.120. The van der Waals surface area contributed by atoms with Gasteiger partial charge >= 0.3 is 0 Å². The highest BCUT2D eigenvalue weighted by molar-refractivity contribution is 4.93. The van der Waals surface area contributed by atoms with Gasteiger partial charge in [0, 0.05) is 44.4 Å². The van der Waals surface area contributed by atoms with E-state index >= 15 is 0 Å². The maximum atomic E-state index is 5.48. The minimum atomic E-state index is 0.748. The molecule has 3 rings (SSSR count). The molecule has 3 heteroatoms. The van der Waals surface area contributed by atoms with Gasteiger partial charge in [-0.05, 0) is 39.2 Å². The molecule has 3 aliphatic heterocycles. The molecular formula is C13H24N2O. The van der Waals surface area contributed by atoms with E-state index in [1.165, 1.54) is 45.3 Å². The molecule has 2 atom stereocenters. The van der Waals surface area contributed by atoms with E-state index in [-0.39, 0.29) is 0 Å². The van der Waals surface area contributed by atoms with Crippen molar-refractivity contribution in [2.24, 2.45) is 0 Å². The van der Waals surface area contributed by atoms with Gasteiger partial charge in [-0.3, -0.25) is 9.80 Å². The van der Waals surface area contributed by atoms with Crippen LogP contribution >= 0.6 is 0 Å². The number of nitrogens with zero attached hydrogens (tertiary/aromatic N) is 2. The van der Waals surface area contributed by atoms with Crippen molar-refractivity contribution in [3.63, 3.8) is 0 Å². The SMILES string of the molecule is CC1CN2CCCC2CN1C1CCOCC1. The molecule has 3 nitrogen and oxygen atoms in total. The van der Waals surface area contributed by atoms with E-state index in [0.717, 1.165) is 31.3 Å². The second-order valence-electron chi connectivity index (χ2n) is 5.68. The van der Waals surface area contributed by atoms with E-state index in [1.54, 1.807) is 0 Å². The Labute approximate surface area is 98.7 Å². The van der Waals surface area contributed by atoms with Crippen LogP contribution in [0.15, 0.2) is 0 Å². The van der Waals surface area contributed by atoms with E-state index in [1.807, 2.05) is 0 Å². The van der Waals surface area contributed by atoms with E-state index in [0.29, 0.717) is 0 Å². The number of fused-ring (bicyclic) bond motifs is 1. The smallest absolute Gasteiger partial charge is 0.0480 e. The summed E-state index contributed by atoms with van der Waals surface area (Å²) >= 11 is 0. The van der Waals surface area contributed by atoms with Crippen LogP contribution in [0.1, 0.15) is 32.6 Å². The van der Waals surface area contributed by atoms with Crippen molar-refractivity contribution < 1.29 is 4.74 Å². The molecule has 0 N–H and O–H groups in total. The fraction of sp³-hybridized carbons (Fsp3) is 1.00. The van der Waals surface area contributed by atoms with Crippen molar-refractivity contribution in [3.8, 4) is 0 Å². The molecule has 0 aromatic carbocycles. The van der Waals surface area contributed by atoms with Gasteiger partial charge in [0.25, 0.3) is 0 Å². The largest absolute Gasteiger partial charge is 0.381 e. The van der Waals surface area contributed by atoms with Gasteiger partial charge in [-0.25, -0.2) is 0 Å². The standard InChI is InChI=1S/C13H24N2O/c1-11-9-14-6-2-3-13(14)10-15(11)12-4-7-16-8-5-12/h11-13H,2-10H2,1H3. The van der Waals surface area contributed by atoms with Gasteiger partial charge in [-0.2, -0.15) is 0 Å². The summed E-state index contributed by atoms with van der Waals surface area (Å²) in [5.41, 5.74) is 0. The predicted molar refractivity (Wildman–Crippen MR) is 64.6 cm³/mol. The molecule has 92 valence electrons. The van der Waals surface area contributed by atoms with Crippen LogP contribution in [0.4, 0.5) is 0 Å². The first kappa shape index (κ1) is 11.0. The molecule has 0 aromatic heterocycles. The molecule has 0 aromatic rings. The lowest BCUT2D eigenvalue weighted by Gasteiger charge is -2.47. The molecule has 2 unspecified atom stereocenters. The summed E-state index contributed by atoms with van der Waals surface area (Å²) in [7, 11) is 0. The monoisotopic (exact) mass is 224 g/mol. The Morgan fingerprint density at radius 3 is 2.62 bits per heavy atom. The van der Waals surface area contributed by atoms with Crippen LogP contribution in [0.5, 0.6) is 0 Å². The summed E-state index contributed by atoms with van der Waals surface area (Å²) < 4.78 is 5.48. The summed E-state index contributed by atoms with van der Waals surface area (Å²) in [5, 5.41) is 0. The van der Waals surface area contributed by atoms with Crippen molar-refractivity contribution in [3.05, 3.63) is 0 Å². The summed E-state index contributed by atoms with van der Waals surface area (Å²) in [5.74, 6) is 0. The van der Waals surface area contributed by atoms with E-state index < -0.39 is 0 Å². The second-order valence-corrected chi connectivity index (χ2v) is 5.68. The number of ether oxygens (including phenoxy) is 1. The van der Waals surface area contributed by atoms with Crippen molar-refractivity contribution in [1.29, 1.82) is 0 Å². The average Bonchev–Trinajstić information content (AvgIpc) is 2.76. The van der Waals surface area contributed by atoms with Gasteiger partial charge in [0.2, 0.25) is 0 Å². The second kappa shape index (κ2) is 4.63. The van der Waals surface area contributed by atoms with Crippen molar-refractivity contribution in [1.82, 2.24) is 9.80 Å². The Morgan fingerprint density at radius 1 is 1.00 bits per heavy atom. The van der Waals surface area contributed by atoms with Crippen molar-refractivity contribution >= 4 is 0 Å². The maximum Gasteiger partial charge on any atom is 0.0480 e. The van der Waals surface area contributed by atoms with Gasteiger partial charge in [0.15, 0.2) is 0 Å². The van der Waals surface area contributed by atoms with E-state index in [4.69, 9.17) is 4.74 Å². The van der Waals surface area contributed by atoms with Crippen molar-refractivity contribution in [2.75, 3.05) is 32.8 Å². The third kappa shape index (κ3) is 2.01. The normalized spacial score (nSPS) is 38.8. The molecule has 0 radical (unpaired) electrons. The zero-order chi connectivity index (χ0) is 11.0. The molecule has 16 heavy (non-hydrogen) atoms. The van der Waals surface area contributed by atoms with E-state index in [2.05, 4.69) is 16.7 Å². The summed E-state index contributed by atoms with van der Waals surface area (Å²) in [6, 6.07) is 2.41. The molecule has 0 aliphatic carbocycles. The van der Waals surface area contributed by atoms with Crippen LogP contribution < -0.4 is 0 Å². The first-order chi connectivity index (χ1) is 7.84. The van der Waals surface area contributed by atoms with Gasteiger partial charge in [0.05, 0.1) is 0 Å². The number of piperazine rings is 1. The fourth-order valence-corrected chi connectivity index (χ4v) is 3.74. The highest BCUT2D eigenvalue weighted by Gasteiger charge is 2.37. The lowest BCUT2D eigenvalue weighted by Crippen LogP contribution is -2.58. The molecule has 0 amide bonds. The van der Waals surface area contributed by atoms with E-state index in [9.17, 15) is 0 Å². The molecule has 3 aliphatic rings. The minimum absolute atomic E-state index is 0.748. The van der Waals surface area contributed by atoms with Gasteiger partial charge in [-0.15, -0.1) is 0 Å². The Balaban J connectivity index is 1.65. The highest BCUT2D eigenvalue weighted by atomic mass is 16.5. The van der Waals surface area contributed by atoms with Crippen LogP contribution in [0.3, 0.4) is 0 Å². The minimum Gasteiger partial charge on any atom is -0.381 e. The first-order valence-electron chi connectivity index (χ1n) is 6.92. The van der Waals surface area contributed by atoms with Crippen molar-refractivity contribution in [2.45, 2.75) is 50.7 Å². The molecule has 3 fully saturated rings. The third-order valence-electron chi connectivity index (χ3n) is 4.65. The molecular weight excluding hydrogens is 200 g/mol. The summed E-state index contributed by atoms with van der Waals surface area (Å²) in [6.45, 7) is 8.30. The molecule has 3 heterocycles. The fourth-order valence-electron chi connectivity index (χ4n) is 3.74. The highest BCUT2D eigenvalue weighted by Crippen LogP contribution is 2.28. The first-order valence-corrected chi connectivity index (χ1v) is 6.92. The maximum absolute atomic E-state index is 5.48. The lowest BCUT2D eigenvalue weighted by molar-refractivity contribution is -0.0208. The van der Waals surface area contributed by atoms with Crippen LogP contribution in [-0.2, 0) is 4.74 Å². The topological polar surface area (TPSA) is 15.7 Å². The number of rotatable bonds is 1.